The fourth-order valence-electron chi connectivity index (χ4n) is 3.29. The standard InChI is InChI=1S/C18H21N5S/c1-12-5-6-13-14(10-12)24-18-16(13)17(22-11-23-18)21-9-8-20-15-4-2-3-7-19-15/h2-4,7,11-12H,5-6,8-10H2,1H3,(H,19,20)(H,21,22,23)/p+1/t12-/m1/s1. The van der Waals surface area contributed by atoms with Gasteiger partial charge in [-0.1, -0.05) is 13.0 Å². The van der Waals surface area contributed by atoms with Crippen LogP contribution in [-0.2, 0) is 12.8 Å². The number of H-pyrrole nitrogens is 1. The maximum Gasteiger partial charge on any atom is 0.272 e. The molecule has 3 heterocycles. The van der Waals surface area contributed by atoms with E-state index in [0.717, 1.165) is 41.9 Å². The van der Waals surface area contributed by atoms with Gasteiger partial charge in [-0.25, -0.2) is 15.0 Å². The van der Waals surface area contributed by atoms with Crippen LogP contribution in [-0.4, -0.2) is 23.1 Å². The van der Waals surface area contributed by atoms with Crippen molar-refractivity contribution < 1.29 is 4.98 Å². The summed E-state index contributed by atoms with van der Waals surface area (Å²) in [5, 5.41) is 8.10. The average molecular weight is 340 g/mol. The molecule has 1 aliphatic rings. The zero-order valence-electron chi connectivity index (χ0n) is 13.8. The molecule has 6 heteroatoms. The first-order valence-electron chi connectivity index (χ1n) is 8.51. The molecule has 5 nitrogen and oxygen atoms in total. The van der Waals surface area contributed by atoms with E-state index in [-0.39, 0.29) is 0 Å². The van der Waals surface area contributed by atoms with Gasteiger partial charge in [0.05, 0.1) is 18.1 Å². The molecule has 3 aromatic heterocycles. The summed E-state index contributed by atoms with van der Waals surface area (Å²) in [5.74, 6) is 2.78. The molecule has 0 aromatic carbocycles. The van der Waals surface area contributed by atoms with E-state index >= 15 is 0 Å². The second-order valence-electron chi connectivity index (χ2n) is 6.38. The summed E-state index contributed by atoms with van der Waals surface area (Å²) in [6.07, 6.45) is 7.19. The van der Waals surface area contributed by atoms with Crippen LogP contribution in [0.1, 0.15) is 23.8 Å². The van der Waals surface area contributed by atoms with Gasteiger partial charge in [0.15, 0.2) is 0 Å². The highest BCUT2D eigenvalue weighted by atomic mass is 32.1. The molecule has 24 heavy (non-hydrogen) atoms. The fourth-order valence-corrected chi connectivity index (χ4v) is 4.64. The lowest BCUT2D eigenvalue weighted by molar-refractivity contribution is -0.361. The maximum atomic E-state index is 4.50. The molecular formula is C18H22N5S+. The van der Waals surface area contributed by atoms with E-state index in [1.807, 2.05) is 35.7 Å². The Labute approximate surface area is 145 Å². The Morgan fingerprint density at radius 2 is 2.17 bits per heavy atom. The van der Waals surface area contributed by atoms with Gasteiger partial charge in [0.25, 0.3) is 5.82 Å². The number of anilines is 2. The molecule has 4 rings (SSSR count). The lowest BCUT2D eigenvalue weighted by Crippen LogP contribution is -2.19. The summed E-state index contributed by atoms with van der Waals surface area (Å²) in [6.45, 7) is 3.98. The van der Waals surface area contributed by atoms with Crippen LogP contribution in [0.4, 0.5) is 11.6 Å². The van der Waals surface area contributed by atoms with Crippen LogP contribution >= 0.6 is 11.3 Å². The van der Waals surface area contributed by atoms with Gasteiger partial charge >= 0.3 is 0 Å². The number of nitrogens with zero attached hydrogens (tertiary/aromatic N) is 2. The molecule has 0 saturated carbocycles. The lowest BCUT2D eigenvalue weighted by atomic mass is 9.89. The molecule has 0 bridgehead atoms. The Balaban J connectivity index is 1.48. The Kier molecular flexibility index (Phi) is 4.30. The van der Waals surface area contributed by atoms with Gasteiger partial charge in [0, 0.05) is 10.9 Å². The number of hydrogen-bond donors (Lipinski definition) is 2. The molecule has 1 aliphatic carbocycles. The molecule has 3 aromatic rings. The summed E-state index contributed by atoms with van der Waals surface area (Å²) in [4.78, 5) is 14.8. The van der Waals surface area contributed by atoms with Crippen LogP contribution in [0.5, 0.6) is 0 Å². The number of aryl methyl sites for hydroxylation is 1. The summed E-state index contributed by atoms with van der Waals surface area (Å²) < 4.78 is 0. The van der Waals surface area contributed by atoms with E-state index in [1.54, 1.807) is 6.33 Å². The Morgan fingerprint density at radius 1 is 1.25 bits per heavy atom. The zero-order chi connectivity index (χ0) is 16.4. The molecule has 0 unspecified atom stereocenters. The topological polar surface area (TPSA) is 64.0 Å². The molecule has 1 atom stereocenters. The first-order valence-corrected chi connectivity index (χ1v) is 9.32. The molecule has 0 radical (unpaired) electrons. The SMILES string of the molecule is C[C@@H]1CCc2c(sc3ncnc(NCCNc4cccc[nH+]4)c23)C1. The van der Waals surface area contributed by atoms with Crippen molar-refractivity contribution in [2.75, 3.05) is 23.7 Å². The van der Waals surface area contributed by atoms with E-state index in [1.165, 1.54) is 28.7 Å². The predicted octanol–water partition coefficient (Wildman–Crippen LogP) is 3.15. The van der Waals surface area contributed by atoms with Crippen LogP contribution in [0.25, 0.3) is 10.2 Å². The van der Waals surface area contributed by atoms with E-state index in [9.17, 15) is 0 Å². The minimum atomic E-state index is 0.779. The minimum absolute atomic E-state index is 0.779. The van der Waals surface area contributed by atoms with Crippen molar-refractivity contribution in [1.82, 2.24) is 9.97 Å². The molecule has 0 fully saturated rings. The molecule has 0 spiro atoms. The average Bonchev–Trinajstić information content (AvgIpc) is 2.97. The zero-order valence-corrected chi connectivity index (χ0v) is 14.6. The van der Waals surface area contributed by atoms with Crippen LogP contribution < -0.4 is 15.6 Å². The van der Waals surface area contributed by atoms with Crippen LogP contribution in [0.3, 0.4) is 0 Å². The highest BCUT2D eigenvalue weighted by Gasteiger charge is 2.22. The van der Waals surface area contributed by atoms with Crippen LogP contribution in [0.15, 0.2) is 30.7 Å². The number of rotatable bonds is 5. The highest BCUT2D eigenvalue weighted by molar-refractivity contribution is 7.19. The van der Waals surface area contributed by atoms with Crippen molar-refractivity contribution in [3.05, 3.63) is 41.2 Å². The lowest BCUT2D eigenvalue weighted by Gasteiger charge is -2.18. The number of fused-ring (bicyclic) bond motifs is 3. The van der Waals surface area contributed by atoms with Crippen molar-refractivity contribution in [2.24, 2.45) is 5.92 Å². The quantitative estimate of drug-likeness (QED) is 0.700. The minimum Gasteiger partial charge on any atom is -0.365 e. The van der Waals surface area contributed by atoms with E-state index in [2.05, 4.69) is 32.5 Å². The second-order valence-corrected chi connectivity index (χ2v) is 7.47. The van der Waals surface area contributed by atoms with Gasteiger partial charge in [-0.05, 0) is 36.8 Å². The van der Waals surface area contributed by atoms with Gasteiger partial charge < -0.3 is 5.32 Å². The Hall–Kier alpha value is -2.21. The number of nitrogens with one attached hydrogen (secondary N) is 3. The van der Waals surface area contributed by atoms with Gasteiger partial charge in [-0.2, -0.15) is 0 Å². The van der Waals surface area contributed by atoms with Crippen LogP contribution in [0.2, 0.25) is 0 Å². The van der Waals surface area contributed by atoms with Gasteiger partial charge in [0.2, 0.25) is 0 Å². The van der Waals surface area contributed by atoms with Gasteiger partial charge in [-0.3, -0.25) is 5.32 Å². The third-order valence-electron chi connectivity index (χ3n) is 4.53. The molecule has 0 saturated heterocycles. The molecule has 0 aliphatic heterocycles. The van der Waals surface area contributed by atoms with E-state index < -0.39 is 0 Å². The number of aromatic nitrogens is 3. The highest BCUT2D eigenvalue weighted by Crippen LogP contribution is 2.39. The first-order chi connectivity index (χ1) is 11.8. The first kappa shape index (κ1) is 15.3. The van der Waals surface area contributed by atoms with Crippen molar-refractivity contribution in [3.8, 4) is 0 Å². The van der Waals surface area contributed by atoms with Gasteiger partial charge in [-0.15, -0.1) is 11.3 Å². The monoisotopic (exact) mass is 340 g/mol. The number of thiophene rings is 1. The number of aromatic amines is 1. The summed E-state index contributed by atoms with van der Waals surface area (Å²) in [5.41, 5.74) is 1.47. The number of hydrogen-bond acceptors (Lipinski definition) is 5. The summed E-state index contributed by atoms with van der Waals surface area (Å²) >= 11 is 1.84. The summed E-state index contributed by atoms with van der Waals surface area (Å²) in [7, 11) is 0. The van der Waals surface area contributed by atoms with E-state index in [4.69, 9.17) is 0 Å². The van der Waals surface area contributed by atoms with Gasteiger partial charge in [0.1, 0.15) is 23.5 Å². The van der Waals surface area contributed by atoms with Crippen molar-refractivity contribution >= 4 is 33.2 Å². The smallest absolute Gasteiger partial charge is 0.272 e. The Bertz CT molecular complexity index is 830. The summed E-state index contributed by atoms with van der Waals surface area (Å²) in [6, 6.07) is 6.01. The van der Waals surface area contributed by atoms with Crippen molar-refractivity contribution in [1.29, 1.82) is 0 Å². The molecular weight excluding hydrogens is 318 g/mol. The predicted molar refractivity (Wildman–Crippen MR) is 98.6 cm³/mol. The third-order valence-corrected chi connectivity index (χ3v) is 5.70. The maximum absolute atomic E-state index is 4.50. The second kappa shape index (κ2) is 6.73. The Morgan fingerprint density at radius 3 is 3.04 bits per heavy atom. The van der Waals surface area contributed by atoms with Crippen molar-refractivity contribution in [2.45, 2.75) is 26.2 Å². The van der Waals surface area contributed by atoms with Crippen molar-refractivity contribution in [3.63, 3.8) is 0 Å². The normalized spacial score (nSPS) is 16.8. The third kappa shape index (κ3) is 3.06. The van der Waals surface area contributed by atoms with Crippen LogP contribution in [0, 0.1) is 5.92 Å². The largest absolute Gasteiger partial charge is 0.365 e. The molecule has 124 valence electrons. The number of pyridine rings is 1. The molecule has 3 N–H and O–H groups in total. The molecule has 0 amide bonds. The fraction of sp³-hybridized carbons (Fsp3) is 0.389. The van der Waals surface area contributed by atoms with E-state index in [0.29, 0.717) is 0 Å².